The summed E-state index contributed by atoms with van der Waals surface area (Å²) in [5.41, 5.74) is -0.339. The van der Waals surface area contributed by atoms with Crippen molar-refractivity contribution >= 4 is 16.9 Å². The molecule has 0 spiro atoms. The Morgan fingerprint density at radius 2 is 2.05 bits per heavy atom. The predicted molar refractivity (Wildman–Crippen MR) is 74.1 cm³/mol. The molecule has 0 amide bonds. The molecule has 6 nitrogen and oxygen atoms in total. The summed E-state index contributed by atoms with van der Waals surface area (Å²) in [4.78, 5) is 6.39. The smallest absolute Gasteiger partial charge is 0.162 e. The molecule has 0 aromatic heterocycles. The van der Waals surface area contributed by atoms with E-state index in [0.29, 0.717) is 6.42 Å². The van der Waals surface area contributed by atoms with E-state index in [2.05, 4.69) is 4.99 Å². The second kappa shape index (κ2) is 5.97. The number of hydrogen-bond acceptors (Lipinski definition) is 7. The van der Waals surface area contributed by atoms with Crippen LogP contribution < -0.4 is 0 Å². The second-order valence-corrected chi connectivity index (χ2v) is 6.03. The molecule has 0 aromatic carbocycles. The van der Waals surface area contributed by atoms with E-state index in [1.54, 1.807) is 0 Å². The zero-order valence-corrected chi connectivity index (χ0v) is 12.2. The maximum absolute atomic E-state index is 10.2. The molecule has 0 aliphatic carbocycles. The lowest BCUT2D eigenvalue weighted by atomic mass is 9.94. The molecule has 0 aromatic rings. The van der Waals surface area contributed by atoms with Gasteiger partial charge in [-0.15, -0.1) is 0 Å². The van der Waals surface area contributed by atoms with Crippen molar-refractivity contribution < 1.29 is 20.1 Å². The number of rotatable bonds is 3. The van der Waals surface area contributed by atoms with Crippen molar-refractivity contribution in [2.24, 2.45) is 4.99 Å². The maximum atomic E-state index is 10.2. The Morgan fingerprint density at radius 1 is 1.37 bits per heavy atom. The van der Waals surface area contributed by atoms with E-state index in [1.807, 2.05) is 25.8 Å². The molecular weight excluding hydrogens is 268 g/mol. The van der Waals surface area contributed by atoms with Crippen LogP contribution in [0.4, 0.5) is 0 Å². The van der Waals surface area contributed by atoms with Crippen LogP contribution in [0.2, 0.25) is 0 Å². The maximum Gasteiger partial charge on any atom is 0.162 e. The fourth-order valence-electron chi connectivity index (χ4n) is 2.24. The van der Waals surface area contributed by atoms with Crippen LogP contribution in [0.5, 0.6) is 0 Å². The number of fused-ring (bicyclic) bond motifs is 1. The van der Waals surface area contributed by atoms with E-state index in [0.717, 1.165) is 11.7 Å². The van der Waals surface area contributed by atoms with E-state index in [4.69, 9.17) is 4.74 Å². The Labute approximate surface area is 117 Å². The Kier molecular flexibility index (Phi) is 4.73. The summed E-state index contributed by atoms with van der Waals surface area (Å²) in [6, 6.07) is -0.468. The average molecular weight is 290 g/mol. The molecule has 1 fully saturated rings. The van der Waals surface area contributed by atoms with Crippen LogP contribution in [0.1, 0.15) is 20.3 Å². The minimum atomic E-state index is -1.10. The number of amidine groups is 1. The summed E-state index contributed by atoms with van der Waals surface area (Å²) in [6.45, 7) is 4.64. The summed E-state index contributed by atoms with van der Waals surface area (Å²) >= 11 is 1.44. The van der Waals surface area contributed by atoms with Gasteiger partial charge in [-0.1, -0.05) is 18.7 Å². The fraction of sp³-hybridized carbons (Fsp3) is 0.917. The molecule has 110 valence electrons. The van der Waals surface area contributed by atoms with Gasteiger partial charge in [0.15, 0.2) is 5.17 Å². The van der Waals surface area contributed by atoms with Crippen molar-refractivity contribution in [1.82, 2.24) is 4.90 Å². The molecule has 2 heterocycles. The molecule has 1 unspecified atom stereocenters. The lowest BCUT2D eigenvalue weighted by Crippen LogP contribution is -2.58. The van der Waals surface area contributed by atoms with Crippen LogP contribution in [0.3, 0.4) is 0 Å². The van der Waals surface area contributed by atoms with E-state index in [-0.39, 0.29) is 5.44 Å². The summed E-state index contributed by atoms with van der Waals surface area (Å²) < 4.78 is 5.73. The standard InChI is InChI=1S/C12H22N2O4S/c1-4-6(15)10-9(17)8(16)7-11(18-10)19-12(13-7)14(3)5-2/h6-11,15-17H,4-5H2,1-3H3/t6-,7-,8-,9+,10?,11-/m1/s1. The lowest BCUT2D eigenvalue weighted by Gasteiger charge is -2.40. The molecule has 0 radical (unpaired) electrons. The third-order valence-corrected chi connectivity index (χ3v) is 4.94. The van der Waals surface area contributed by atoms with Gasteiger partial charge in [-0.25, -0.2) is 0 Å². The predicted octanol–water partition coefficient (Wildman–Crippen LogP) is -0.373. The number of nitrogens with zero attached hydrogens (tertiary/aromatic N) is 2. The highest BCUT2D eigenvalue weighted by Gasteiger charge is 2.50. The van der Waals surface area contributed by atoms with Gasteiger partial charge in [0.2, 0.25) is 0 Å². The van der Waals surface area contributed by atoms with Crippen molar-refractivity contribution in [2.45, 2.75) is 56.2 Å². The number of thioether (sulfide) groups is 1. The summed E-state index contributed by atoms with van der Waals surface area (Å²) in [5.74, 6) is 0. The van der Waals surface area contributed by atoms with Crippen molar-refractivity contribution in [1.29, 1.82) is 0 Å². The molecule has 2 aliphatic rings. The number of ether oxygens (including phenoxy) is 1. The zero-order chi connectivity index (χ0) is 14.2. The number of aliphatic hydroxyl groups is 3. The lowest BCUT2D eigenvalue weighted by molar-refractivity contribution is -0.185. The largest absolute Gasteiger partial charge is 0.390 e. The molecule has 0 saturated carbocycles. The second-order valence-electron chi connectivity index (χ2n) is 4.96. The topological polar surface area (TPSA) is 85.5 Å². The van der Waals surface area contributed by atoms with Gasteiger partial charge in [0.1, 0.15) is 29.8 Å². The molecule has 7 heteroatoms. The highest BCUT2D eigenvalue weighted by Crippen LogP contribution is 2.38. The van der Waals surface area contributed by atoms with Crippen LogP contribution in [0.15, 0.2) is 4.99 Å². The van der Waals surface area contributed by atoms with E-state index in [1.165, 1.54) is 11.8 Å². The van der Waals surface area contributed by atoms with Gasteiger partial charge in [0.25, 0.3) is 0 Å². The molecule has 1 saturated heterocycles. The van der Waals surface area contributed by atoms with Gasteiger partial charge in [0, 0.05) is 13.6 Å². The average Bonchev–Trinajstić information content (AvgIpc) is 2.85. The molecular formula is C12H22N2O4S. The normalized spacial score (nSPS) is 39.7. The van der Waals surface area contributed by atoms with Gasteiger partial charge < -0.3 is 25.0 Å². The first-order valence-electron chi connectivity index (χ1n) is 6.64. The van der Waals surface area contributed by atoms with Gasteiger partial charge in [-0.05, 0) is 13.3 Å². The fourth-order valence-corrected chi connectivity index (χ4v) is 3.49. The SMILES string of the molecule is CC[C@@H](O)C1O[C@@H]2SC(N(C)CC)=N[C@@H]2[C@@H](O)[C@@H]1O. The first kappa shape index (κ1) is 15.1. The van der Waals surface area contributed by atoms with Gasteiger partial charge in [-0.2, -0.15) is 0 Å². The third-order valence-electron chi connectivity index (χ3n) is 3.69. The number of hydrogen-bond donors (Lipinski definition) is 3. The Bertz CT molecular complexity index is 355. The number of aliphatic imine (C=N–C) groups is 1. The van der Waals surface area contributed by atoms with E-state index < -0.39 is 30.5 Å². The van der Waals surface area contributed by atoms with Gasteiger partial charge in [0.05, 0.1) is 6.10 Å². The van der Waals surface area contributed by atoms with E-state index in [9.17, 15) is 15.3 Å². The molecule has 2 rings (SSSR count). The monoisotopic (exact) mass is 290 g/mol. The Hall–Kier alpha value is -0.340. The van der Waals surface area contributed by atoms with Crippen LogP contribution in [-0.4, -0.2) is 74.9 Å². The van der Waals surface area contributed by atoms with Crippen molar-refractivity contribution in [3.8, 4) is 0 Å². The minimum absolute atomic E-state index is 0.339. The van der Waals surface area contributed by atoms with Crippen LogP contribution in [0.25, 0.3) is 0 Å². The van der Waals surface area contributed by atoms with Crippen LogP contribution in [0, 0.1) is 0 Å². The Balaban J connectivity index is 2.12. The quantitative estimate of drug-likeness (QED) is 0.657. The van der Waals surface area contributed by atoms with Gasteiger partial charge in [-0.3, -0.25) is 4.99 Å². The molecule has 3 N–H and O–H groups in total. The highest BCUT2D eigenvalue weighted by atomic mass is 32.2. The molecule has 0 bridgehead atoms. The minimum Gasteiger partial charge on any atom is -0.390 e. The molecule has 19 heavy (non-hydrogen) atoms. The first-order chi connectivity index (χ1) is 8.99. The van der Waals surface area contributed by atoms with Crippen molar-refractivity contribution in [3.63, 3.8) is 0 Å². The van der Waals surface area contributed by atoms with Crippen molar-refractivity contribution in [3.05, 3.63) is 0 Å². The third kappa shape index (κ3) is 2.75. The Morgan fingerprint density at radius 3 is 2.63 bits per heavy atom. The molecule has 2 aliphatic heterocycles. The summed E-state index contributed by atoms with van der Waals surface area (Å²) in [7, 11) is 1.92. The summed E-state index contributed by atoms with van der Waals surface area (Å²) in [5, 5.41) is 30.9. The van der Waals surface area contributed by atoms with Crippen LogP contribution in [-0.2, 0) is 4.74 Å². The van der Waals surface area contributed by atoms with Crippen molar-refractivity contribution in [2.75, 3.05) is 13.6 Å². The first-order valence-corrected chi connectivity index (χ1v) is 7.52. The van der Waals surface area contributed by atoms with Gasteiger partial charge >= 0.3 is 0 Å². The van der Waals surface area contributed by atoms with E-state index >= 15 is 0 Å². The zero-order valence-electron chi connectivity index (χ0n) is 11.4. The number of aliphatic hydroxyl groups excluding tert-OH is 3. The van der Waals surface area contributed by atoms with Crippen LogP contribution >= 0.6 is 11.8 Å². The molecule has 6 atom stereocenters. The highest BCUT2D eigenvalue weighted by molar-refractivity contribution is 8.14. The summed E-state index contributed by atoms with van der Waals surface area (Å²) in [6.07, 6.45) is -3.17.